The van der Waals surface area contributed by atoms with E-state index in [2.05, 4.69) is 10.5 Å². The summed E-state index contributed by atoms with van der Waals surface area (Å²) < 4.78 is 5.27. The summed E-state index contributed by atoms with van der Waals surface area (Å²) in [7, 11) is 1.97. The summed E-state index contributed by atoms with van der Waals surface area (Å²) in [5.74, 6) is 0.903. The Bertz CT molecular complexity index is 693. The molecule has 1 aliphatic rings. The number of halogens is 1. The number of amides is 1. The van der Waals surface area contributed by atoms with Gasteiger partial charge in [0, 0.05) is 29.7 Å². The Morgan fingerprint density at radius 3 is 2.88 bits per heavy atom. The molecule has 1 amide bonds. The van der Waals surface area contributed by atoms with Crippen LogP contribution in [0.1, 0.15) is 29.8 Å². The zero-order chi connectivity index (χ0) is 16.9. The van der Waals surface area contributed by atoms with Crippen LogP contribution in [0.5, 0.6) is 0 Å². The number of hydrogen-bond acceptors (Lipinski definition) is 4. The SMILES string of the molecule is CNCCC1CCN(C(=O)c2cc(-c3cccc(Cl)c3)no2)CC1. The standard InChI is InChI=1S/C18H22ClN3O2/c1-20-8-5-13-6-9-22(10-7-13)18(23)17-12-16(21-24-17)14-3-2-4-15(19)11-14/h2-4,11-13,20H,5-10H2,1H3. The molecule has 1 saturated heterocycles. The number of hydrogen-bond donors (Lipinski definition) is 1. The first-order chi connectivity index (χ1) is 11.7. The minimum absolute atomic E-state index is 0.0807. The van der Waals surface area contributed by atoms with Gasteiger partial charge in [0.05, 0.1) is 0 Å². The first-order valence-corrected chi connectivity index (χ1v) is 8.71. The predicted molar refractivity (Wildman–Crippen MR) is 94.1 cm³/mol. The number of carbonyl (C=O) groups is 1. The Hall–Kier alpha value is -1.85. The van der Waals surface area contributed by atoms with Crippen molar-refractivity contribution in [1.82, 2.24) is 15.4 Å². The first kappa shape index (κ1) is 17.0. The van der Waals surface area contributed by atoms with E-state index in [9.17, 15) is 4.79 Å². The zero-order valence-corrected chi connectivity index (χ0v) is 14.6. The van der Waals surface area contributed by atoms with Crippen LogP contribution in [-0.2, 0) is 0 Å². The van der Waals surface area contributed by atoms with Gasteiger partial charge in [-0.25, -0.2) is 0 Å². The highest BCUT2D eigenvalue weighted by atomic mass is 35.5. The molecule has 3 rings (SSSR count). The fraction of sp³-hybridized carbons (Fsp3) is 0.444. The number of likely N-dealkylation sites (tertiary alicyclic amines) is 1. The van der Waals surface area contributed by atoms with E-state index in [1.807, 2.05) is 24.1 Å². The van der Waals surface area contributed by atoms with Crippen molar-refractivity contribution in [2.24, 2.45) is 5.92 Å². The molecular weight excluding hydrogens is 326 g/mol. The van der Waals surface area contributed by atoms with Crippen LogP contribution in [-0.4, -0.2) is 42.6 Å². The van der Waals surface area contributed by atoms with Crippen molar-refractivity contribution < 1.29 is 9.32 Å². The van der Waals surface area contributed by atoms with Crippen molar-refractivity contribution in [3.05, 3.63) is 41.1 Å². The zero-order valence-electron chi connectivity index (χ0n) is 13.8. The predicted octanol–water partition coefficient (Wildman–Crippen LogP) is 3.46. The van der Waals surface area contributed by atoms with Gasteiger partial charge >= 0.3 is 0 Å². The van der Waals surface area contributed by atoms with Crippen LogP contribution in [0.25, 0.3) is 11.3 Å². The number of nitrogens with zero attached hydrogens (tertiary/aromatic N) is 2. The second kappa shape index (κ2) is 7.81. The molecule has 0 bridgehead atoms. The van der Waals surface area contributed by atoms with Gasteiger partial charge in [-0.3, -0.25) is 4.79 Å². The van der Waals surface area contributed by atoms with Gasteiger partial charge in [-0.05, 0) is 50.9 Å². The Balaban J connectivity index is 1.62. The Morgan fingerprint density at radius 2 is 2.17 bits per heavy atom. The molecule has 0 unspecified atom stereocenters. The average molecular weight is 348 g/mol. The molecule has 1 aromatic carbocycles. The quantitative estimate of drug-likeness (QED) is 0.899. The number of rotatable bonds is 5. The highest BCUT2D eigenvalue weighted by Gasteiger charge is 2.26. The van der Waals surface area contributed by atoms with Crippen LogP contribution in [0.15, 0.2) is 34.9 Å². The average Bonchev–Trinajstić information content (AvgIpc) is 3.10. The minimum Gasteiger partial charge on any atom is -0.350 e. The molecule has 0 radical (unpaired) electrons. The van der Waals surface area contributed by atoms with Crippen molar-refractivity contribution in [3.63, 3.8) is 0 Å². The Labute approximate surface area is 147 Å². The van der Waals surface area contributed by atoms with Crippen molar-refractivity contribution in [3.8, 4) is 11.3 Å². The summed E-state index contributed by atoms with van der Waals surface area (Å²) in [5.41, 5.74) is 1.47. The Morgan fingerprint density at radius 1 is 1.38 bits per heavy atom. The van der Waals surface area contributed by atoms with Gasteiger partial charge in [0.1, 0.15) is 5.69 Å². The van der Waals surface area contributed by atoms with E-state index in [0.29, 0.717) is 22.4 Å². The second-order valence-electron chi connectivity index (χ2n) is 6.21. The number of benzene rings is 1. The summed E-state index contributed by atoms with van der Waals surface area (Å²) in [6.07, 6.45) is 3.26. The van der Waals surface area contributed by atoms with E-state index in [1.54, 1.807) is 18.2 Å². The summed E-state index contributed by atoms with van der Waals surface area (Å²) in [4.78, 5) is 14.4. The summed E-state index contributed by atoms with van der Waals surface area (Å²) in [6.45, 7) is 2.59. The molecule has 0 aliphatic carbocycles. The number of piperidine rings is 1. The lowest BCUT2D eigenvalue weighted by atomic mass is 9.93. The van der Waals surface area contributed by atoms with Crippen LogP contribution in [0.2, 0.25) is 5.02 Å². The normalized spacial score (nSPS) is 15.7. The minimum atomic E-state index is -0.0807. The molecule has 1 fully saturated rings. The van der Waals surface area contributed by atoms with Crippen molar-refractivity contribution >= 4 is 17.5 Å². The van der Waals surface area contributed by atoms with E-state index < -0.39 is 0 Å². The molecular formula is C18H22ClN3O2. The molecule has 5 nitrogen and oxygen atoms in total. The van der Waals surface area contributed by atoms with Crippen molar-refractivity contribution in [2.45, 2.75) is 19.3 Å². The monoisotopic (exact) mass is 347 g/mol. The van der Waals surface area contributed by atoms with Gasteiger partial charge in [-0.1, -0.05) is 28.9 Å². The van der Waals surface area contributed by atoms with Crippen LogP contribution in [0.3, 0.4) is 0 Å². The lowest BCUT2D eigenvalue weighted by molar-refractivity contribution is 0.0645. The molecule has 6 heteroatoms. The van der Waals surface area contributed by atoms with Gasteiger partial charge in [0.2, 0.25) is 5.76 Å². The van der Waals surface area contributed by atoms with E-state index in [1.165, 1.54) is 6.42 Å². The largest absolute Gasteiger partial charge is 0.350 e. The highest BCUT2D eigenvalue weighted by Crippen LogP contribution is 2.25. The van der Waals surface area contributed by atoms with E-state index in [-0.39, 0.29) is 5.91 Å². The third kappa shape index (κ3) is 3.97. The highest BCUT2D eigenvalue weighted by molar-refractivity contribution is 6.30. The molecule has 2 heterocycles. The van der Waals surface area contributed by atoms with E-state index >= 15 is 0 Å². The number of aromatic nitrogens is 1. The van der Waals surface area contributed by atoms with E-state index in [0.717, 1.165) is 38.0 Å². The summed E-state index contributed by atoms with van der Waals surface area (Å²) in [5, 5.41) is 7.82. The first-order valence-electron chi connectivity index (χ1n) is 8.34. The van der Waals surface area contributed by atoms with Crippen LogP contribution >= 0.6 is 11.6 Å². The van der Waals surface area contributed by atoms with Gasteiger partial charge < -0.3 is 14.7 Å². The van der Waals surface area contributed by atoms with Gasteiger partial charge in [-0.15, -0.1) is 0 Å². The number of carbonyl (C=O) groups excluding carboxylic acids is 1. The molecule has 128 valence electrons. The lowest BCUT2D eigenvalue weighted by Crippen LogP contribution is -2.38. The molecule has 0 spiro atoms. The van der Waals surface area contributed by atoms with E-state index in [4.69, 9.17) is 16.1 Å². The summed E-state index contributed by atoms with van der Waals surface area (Å²) >= 11 is 6.00. The van der Waals surface area contributed by atoms with Gasteiger partial charge in [0.15, 0.2) is 0 Å². The van der Waals surface area contributed by atoms with Crippen molar-refractivity contribution in [1.29, 1.82) is 0 Å². The lowest BCUT2D eigenvalue weighted by Gasteiger charge is -2.31. The third-order valence-electron chi connectivity index (χ3n) is 4.55. The summed E-state index contributed by atoms with van der Waals surface area (Å²) in [6, 6.07) is 9.05. The molecule has 24 heavy (non-hydrogen) atoms. The molecule has 2 aromatic rings. The fourth-order valence-electron chi connectivity index (χ4n) is 3.09. The van der Waals surface area contributed by atoms with Crippen LogP contribution in [0, 0.1) is 5.92 Å². The van der Waals surface area contributed by atoms with Gasteiger partial charge in [-0.2, -0.15) is 0 Å². The fourth-order valence-corrected chi connectivity index (χ4v) is 3.28. The number of nitrogens with one attached hydrogen (secondary N) is 1. The smallest absolute Gasteiger partial charge is 0.292 e. The molecule has 1 aromatic heterocycles. The third-order valence-corrected chi connectivity index (χ3v) is 4.78. The molecule has 1 N–H and O–H groups in total. The van der Waals surface area contributed by atoms with Crippen LogP contribution in [0.4, 0.5) is 0 Å². The maximum Gasteiger partial charge on any atom is 0.292 e. The maximum absolute atomic E-state index is 12.6. The molecule has 1 aliphatic heterocycles. The topological polar surface area (TPSA) is 58.4 Å². The maximum atomic E-state index is 12.6. The second-order valence-corrected chi connectivity index (χ2v) is 6.65. The molecule has 0 saturated carbocycles. The van der Waals surface area contributed by atoms with Crippen molar-refractivity contribution in [2.75, 3.05) is 26.7 Å². The molecule has 0 atom stereocenters. The van der Waals surface area contributed by atoms with Crippen LogP contribution < -0.4 is 5.32 Å². The Kier molecular flexibility index (Phi) is 5.53. The van der Waals surface area contributed by atoms with Gasteiger partial charge in [0.25, 0.3) is 5.91 Å².